The molecule has 6 nitrogen and oxygen atoms in total. The summed E-state index contributed by atoms with van der Waals surface area (Å²) in [6, 6.07) is 5.53. The van der Waals surface area contributed by atoms with Gasteiger partial charge in [0.2, 0.25) is 0 Å². The molecule has 1 fully saturated rings. The average Bonchev–Trinajstić information content (AvgIpc) is 3.07. The molecular weight excluding hydrogens is 278 g/mol. The minimum Gasteiger partial charge on any atom is -0.356 e. The molecule has 2 aromatic heterocycles. The zero-order valence-electron chi connectivity index (χ0n) is 12.6. The highest BCUT2D eigenvalue weighted by molar-refractivity contribution is 5.92. The van der Waals surface area contributed by atoms with E-state index in [9.17, 15) is 4.79 Å². The van der Waals surface area contributed by atoms with Crippen LogP contribution in [0.2, 0.25) is 0 Å². The van der Waals surface area contributed by atoms with Gasteiger partial charge in [-0.25, -0.2) is 9.97 Å². The number of anilines is 1. The fourth-order valence-electron chi connectivity index (χ4n) is 2.55. The minimum absolute atomic E-state index is 0.178. The molecular formula is C16H19N5O. The van der Waals surface area contributed by atoms with Gasteiger partial charge in [-0.2, -0.15) is 0 Å². The lowest BCUT2D eigenvalue weighted by molar-refractivity contribution is 0.0945. The number of amides is 1. The number of aryl methyl sites for hydroxylation is 1. The molecule has 3 heterocycles. The first kappa shape index (κ1) is 14.4. The lowest BCUT2D eigenvalue weighted by atomic mass is 10.2. The number of hydrogen-bond acceptors (Lipinski definition) is 5. The van der Waals surface area contributed by atoms with Crippen LogP contribution in [-0.2, 0) is 6.54 Å². The molecule has 1 saturated heterocycles. The first-order valence-corrected chi connectivity index (χ1v) is 7.50. The fourth-order valence-corrected chi connectivity index (χ4v) is 2.55. The number of rotatable bonds is 4. The Hall–Kier alpha value is -2.50. The van der Waals surface area contributed by atoms with E-state index in [1.54, 1.807) is 18.5 Å². The zero-order chi connectivity index (χ0) is 15.4. The summed E-state index contributed by atoms with van der Waals surface area (Å²) in [4.78, 5) is 27.2. The van der Waals surface area contributed by atoms with Crippen molar-refractivity contribution in [1.29, 1.82) is 0 Å². The summed E-state index contributed by atoms with van der Waals surface area (Å²) in [5, 5.41) is 2.88. The molecule has 1 aliphatic heterocycles. The highest BCUT2D eigenvalue weighted by Crippen LogP contribution is 2.18. The van der Waals surface area contributed by atoms with E-state index in [-0.39, 0.29) is 5.91 Å². The van der Waals surface area contributed by atoms with E-state index in [0.29, 0.717) is 18.1 Å². The summed E-state index contributed by atoms with van der Waals surface area (Å²) >= 11 is 0. The van der Waals surface area contributed by atoms with Gasteiger partial charge in [0.1, 0.15) is 17.3 Å². The summed E-state index contributed by atoms with van der Waals surface area (Å²) in [6.07, 6.45) is 5.77. The second-order valence-electron chi connectivity index (χ2n) is 5.39. The SMILES string of the molecule is Cc1nc(C(=O)NCc2ccncc2)cc(N2CCCC2)n1. The number of hydrogen-bond donors (Lipinski definition) is 1. The normalized spacial score (nSPS) is 14.1. The van der Waals surface area contributed by atoms with Crippen LogP contribution >= 0.6 is 0 Å². The third-order valence-corrected chi connectivity index (χ3v) is 3.69. The average molecular weight is 297 g/mol. The van der Waals surface area contributed by atoms with Gasteiger partial charge in [-0.1, -0.05) is 0 Å². The van der Waals surface area contributed by atoms with Crippen LogP contribution in [0.3, 0.4) is 0 Å². The molecule has 2 aromatic rings. The van der Waals surface area contributed by atoms with Gasteiger partial charge >= 0.3 is 0 Å². The van der Waals surface area contributed by atoms with E-state index in [1.165, 1.54) is 12.8 Å². The van der Waals surface area contributed by atoms with E-state index in [2.05, 4.69) is 25.2 Å². The first-order chi connectivity index (χ1) is 10.7. The molecule has 22 heavy (non-hydrogen) atoms. The summed E-state index contributed by atoms with van der Waals surface area (Å²) in [6.45, 7) is 4.27. The lowest BCUT2D eigenvalue weighted by Crippen LogP contribution is -2.26. The Bertz CT molecular complexity index is 653. The predicted molar refractivity (Wildman–Crippen MR) is 83.6 cm³/mol. The van der Waals surface area contributed by atoms with Crippen molar-refractivity contribution in [3.05, 3.63) is 47.7 Å². The molecule has 0 radical (unpaired) electrons. The standard InChI is InChI=1S/C16H19N5O/c1-12-19-14(10-15(20-12)21-8-2-3-9-21)16(22)18-11-13-4-6-17-7-5-13/h4-7,10H,2-3,8-9,11H2,1H3,(H,18,22). The lowest BCUT2D eigenvalue weighted by Gasteiger charge is -2.17. The third-order valence-electron chi connectivity index (χ3n) is 3.69. The Morgan fingerprint density at radius 3 is 2.68 bits per heavy atom. The van der Waals surface area contributed by atoms with E-state index >= 15 is 0 Å². The molecule has 6 heteroatoms. The molecule has 0 aromatic carbocycles. The maximum Gasteiger partial charge on any atom is 0.270 e. The van der Waals surface area contributed by atoms with Crippen LogP contribution < -0.4 is 10.2 Å². The summed E-state index contributed by atoms with van der Waals surface area (Å²) in [7, 11) is 0. The smallest absolute Gasteiger partial charge is 0.270 e. The molecule has 0 atom stereocenters. The number of carbonyl (C=O) groups excluding carboxylic acids is 1. The quantitative estimate of drug-likeness (QED) is 0.930. The third kappa shape index (κ3) is 3.39. The maximum absolute atomic E-state index is 12.3. The molecule has 0 aliphatic carbocycles. The Morgan fingerprint density at radius 2 is 1.95 bits per heavy atom. The Morgan fingerprint density at radius 1 is 1.23 bits per heavy atom. The van der Waals surface area contributed by atoms with Crippen molar-refractivity contribution in [3.63, 3.8) is 0 Å². The van der Waals surface area contributed by atoms with Crippen molar-refractivity contribution in [2.75, 3.05) is 18.0 Å². The largest absolute Gasteiger partial charge is 0.356 e. The van der Waals surface area contributed by atoms with Crippen molar-refractivity contribution in [3.8, 4) is 0 Å². The van der Waals surface area contributed by atoms with E-state index < -0.39 is 0 Å². The summed E-state index contributed by atoms with van der Waals surface area (Å²) in [5.41, 5.74) is 1.43. The van der Waals surface area contributed by atoms with Gasteiger partial charge in [-0.3, -0.25) is 9.78 Å². The fraction of sp³-hybridized carbons (Fsp3) is 0.375. The maximum atomic E-state index is 12.3. The van der Waals surface area contributed by atoms with Crippen molar-refractivity contribution in [1.82, 2.24) is 20.3 Å². The van der Waals surface area contributed by atoms with Crippen molar-refractivity contribution >= 4 is 11.7 Å². The van der Waals surface area contributed by atoms with Gasteiger partial charge in [0, 0.05) is 38.1 Å². The zero-order valence-corrected chi connectivity index (χ0v) is 12.6. The highest BCUT2D eigenvalue weighted by atomic mass is 16.1. The Labute approximate surface area is 129 Å². The summed E-state index contributed by atoms with van der Waals surface area (Å²) in [5.74, 6) is 1.29. The van der Waals surface area contributed by atoms with Gasteiger partial charge < -0.3 is 10.2 Å². The van der Waals surface area contributed by atoms with E-state index in [1.807, 2.05) is 19.1 Å². The molecule has 0 unspecified atom stereocenters. The summed E-state index contributed by atoms with van der Waals surface area (Å²) < 4.78 is 0. The number of nitrogens with one attached hydrogen (secondary N) is 1. The molecule has 1 N–H and O–H groups in total. The monoisotopic (exact) mass is 297 g/mol. The Balaban J connectivity index is 1.71. The molecule has 0 bridgehead atoms. The first-order valence-electron chi connectivity index (χ1n) is 7.50. The van der Waals surface area contributed by atoms with Crippen LogP contribution in [-0.4, -0.2) is 33.9 Å². The predicted octanol–water partition coefficient (Wildman–Crippen LogP) is 1.71. The van der Waals surface area contributed by atoms with Crippen LogP contribution in [0.1, 0.15) is 34.7 Å². The van der Waals surface area contributed by atoms with Crippen molar-refractivity contribution in [2.45, 2.75) is 26.3 Å². The van der Waals surface area contributed by atoms with Gasteiger partial charge in [-0.15, -0.1) is 0 Å². The van der Waals surface area contributed by atoms with Crippen LogP contribution in [0.5, 0.6) is 0 Å². The van der Waals surface area contributed by atoms with E-state index in [0.717, 1.165) is 24.5 Å². The number of pyridine rings is 1. The molecule has 0 saturated carbocycles. The van der Waals surface area contributed by atoms with Crippen LogP contribution in [0.4, 0.5) is 5.82 Å². The topological polar surface area (TPSA) is 71.0 Å². The number of nitrogens with zero attached hydrogens (tertiary/aromatic N) is 4. The van der Waals surface area contributed by atoms with Gasteiger partial charge in [0.15, 0.2) is 0 Å². The molecule has 114 valence electrons. The number of aromatic nitrogens is 3. The molecule has 1 amide bonds. The number of carbonyl (C=O) groups is 1. The molecule has 3 rings (SSSR count). The van der Waals surface area contributed by atoms with Gasteiger partial charge in [0.25, 0.3) is 5.91 Å². The van der Waals surface area contributed by atoms with Crippen LogP contribution in [0.25, 0.3) is 0 Å². The molecule has 1 aliphatic rings. The van der Waals surface area contributed by atoms with Crippen molar-refractivity contribution in [2.24, 2.45) is 0 Å². The molecule has 0 spiro atoms. The second kappa shape index (κ2) is 6.51. The van der Waals surface area contributed by atoms with Crippen molar-refractivity contribution < 1.29 is 4.79 Å². The van der Waals surface area contributed by atoms with Gasteiger partial charge in [-0.05, 0) is 37.5 Å². The Kier molecular flexibility index (Phi) is 4.27. The van der Waals surface area contributed by atoms with Gasteiger partial charge in [0.05, 0.1) is 0 Å². The second-order valence-corrected chi connectivity index (χ2v) is 5.39. The van der Waals surface area contributed by atoms with Crippen LogP contribution in [0, 0.1) is 6.92 Å². The van der Waals surface area contributed by atoms with E-state index in [4.69, 9.17) is 0 Å². The highest BCUT2D eigenvalue weighted by Gasteiger charge is 2.17. The van der Waals surface area contributed by atoms with Crippen LogP contribution in [0.15, 0.2) is 30.6 Å². The minimum atomic E-state index is -0.178.